The van der Waals surface area contributed by atoms with Crippen LogP contribution in [0.1, 0.15) is 20.3 Å². The molecule has 88 valence electrons. The van der Waals surface area contributed by atoms with Crippen LogP contribution in [0.5, 0.6) is 0 Å². The Kier molecular flexibility index (Phi) is 4.55. The van der Waals surface area contributed by atoms with E-state index < -0.39 is 11.5 Å². The van der Waals surface area contributed by atoms with Gasteiger partial charge in [-0.1, -0.05) is 6.92 Å². The summed E-state index contributed by atoms with van der Waals surface area (Å²) < 4.78 is 0. The van der Waals surface area contributed by atoms with Crippen LogP contribution in [0.4, 0.5) is 0 Å². The van der Waals surface area contributed by atoms with Crippen LogP contribution in [0.15, 0.2) is 0 Å². The molecule has 5 nitrogen and oxygen atoms in total. The van der Waals surface area contributed by atoms with E-state index in [-0.39, 0.29) is 30.2 Å². The molecule has 0 aromatic heterocycles. The third-order valence-electron chi connectivity index (χ3n) is 3.10. The van der Waals surface area contributed by atoms with E-state index in [1.165, 1.54) is 6.92 Å². The molecule has 0 aliphatic carbocycles. The van der Waals surface area contributed by atoms with E-state index in [1.54, 1.807) is 6.92 Å². The van der Waals surface area contributed by atoms with Gasteiger partial charge in [0, 0.05) is 12.5 Å². The number of carboxylic acids is 1. The van der Waals surface area contributed by atoms with Gasteiger partial charge in [0.25, 0.3) is 0 Å². The minimum absolute atomic E-state index is 0. The van der Waals surface area contributed by atoms with Crippen molar-refractivity contribution in [2.45, 2.75) is 25.8 Å². The molecule has 1 rings (SSSR count). The lowest BCUT2D eigenvalue weighted by Crippen LogP contribution is -2.53. The van der Waals surface area contributed by atoms with Gasteiger partial charge in [0.05, 0.1) is 0 Å². The second-order valence-corrected chi connectivity index (χ2v) is 4.06. The summed E-state index contributed by atoms with van der Waals surface area (Å²) in [6.07, 6.45) is 0.667. The number of hydrogen-bond acceptors (Lipinski definition) is 3. The molecule has 3 unspecified atom stereocenters. The smallest absolute Gasteiger partial charge is 0.323 e. The highest BCUT2D eigenvalue weighted by molar-refractivity contribution is 5.85. The fraction of sp³-hybridized carbons (Fsp3) is 0.778. The zero-order valence-corrected chi connectivity index (χ0v) is 9.63. The van der Waals surface area contributed by atoms with Crippen molar-refractivity contribution in [1.29, 1.82) is 0 Å². The Balaban J connectivity index is 0.00000196. The molecule has 1 aliphatic rings. The number of aliphatic carboxylic acids is 1. The van der Waals surface area contributed by atoms with E-state index in [9.17, 15) is 9.59 Å². The third kappa shape index (κ3) is 2.60. The van der Waals surface area contributed by atoms with Crippen molar-refractivity contribution in [3.8, 4) is 0 Å². The van der Waals surface area contributed by atoms with Crippen molar-refractivity contribution in [2.24, 2.45) is 17.6 Å². The number of amides is 1. The van der Waals surface area contributed by atoms with Gasteiger partial charge in [0.2, 0.25) is 5.91 Å². The Morgan fingerprint density at radius 1 is 1.73 bits per heavy atom. The second kappa shape index (κ2) is 4.81. The van der Waals surface area contributed by atoms with Crippen LogP contribution in [0.2, 0.25) is 0 Å². The van der Waals surface area contributed by atoms with Gasteiger partial charge in [-0.3, -0.25) is 9.59 Å². The van der Waals surface area contributed by atoms with Gasteiger partial charge in [0.15, 0.2) is 0 Å². The minimum Gasteiger partial charge on any atom is -0.480 e. The molecule has 1 saturated heterocycles. The van der Waals surface area contributed by atoms with Crippen LogP contribution < -0.4 is 11.1 Å². The number of rotatable bonds is 3. The lowest BCUT2D eigenvalue weighted by atomic mass is 9.78. The van der Waals surface area contributed by atoms with Gasteiger partial charge in [-0.25, -0.2) is 0 Å². The monoisotopic (exact) mass is 236 g/mol. The van der Waals surface area contributed by atoms with Crippen molar-refractivity contribution in [3.05, 3.63) is 0 Å². The highest BCUT2D eigenvalue weighted by atomic mass is 35.5. The molecule has 0 spiro atoms. The van der Waals surface area contributed by atoms with Crippen LogP contribution in [0, 0.1) is 11.8 Å². The fourth-order valence-electron chi connectivity index (χ4n) is 1.70. The van der Waals surface area contributed by atoms with Gasteiger partial charge >= 0.3 is 5.97 Å². The van der Waals surface area contributed by atoms with Crippen molar-refractivity contribution in [1.82, 2.24) is 5.32 Å². The average molecular weight is 237 g/mol. The maximum atomic E-state index is 11.3. The van der Waals surface area contributed by atoms with E-state index in [4.69, 9.17) is 10.8 Å². The van der Waals surface area contributed by atoms with Crippen LogP contribution in [-0.2, 0) is 9.59 Å². The summed E-state index contributed by atoms with van der Waals surface area (Å²) in [6.45, 7) is 3.78. The molecule has 0 aromatic rings. The third-order valence-corrected chi connectivity index (χ3v) is 3.10. The largest absolute Gasteiger partial charge is 0.480 e. The van der Waals surface area contributed by atoms with E-state index in [1.807, 2.05) is 0 Å². The predicted molar refractivity (Wildman–Crippen MR) is 57.8 cm³/mol. The second-order valence-electron chi connectivity index (χ2n) is 4.06. The van der Waals surface area contributed by atoms with E-state index in [0.29, 0.717) is 13.0 Å². The van der Waals surface area contributed by atoms with Gasteiger partial charge in [-0.2, -0.15) is 0 Å². The molecular formula is C9H17ClN2O3. The van der Waals surface area contributed by atoms with E-state index in [2.05, 4.69) is 5.32 Å². The summed E-state index contributed by atoms with van der Waals surface area (Å²) in [5, 5.41) is 11.6. The maximum absolute atomic E-state index is 11.3. The number of carboxylic acid groups (broad SMARTS) is 1. The molecule has 3 atom stereocenters. The lowest BCUT2D eigenvalue weighted by Gasteiger charge is -2.30. The highest BCUT2D eigenvalue weighted by Crippen LogP contribution is 2.28. The molecule has 0 saturated carbocycles. The number of hydrogen-bond donors (Lipinski definition) is 3. The van der Waals surface area contributed by atoms with Crippen molar-refractivity contribution in [3.63, 3.8) is 0 Å². The number of carbonyl (C=O) groups excluding carboxylic acids is 1. The zero-order chi connectivity index (χ0) is 10.9. The van der Waals surface area contributed by atoms with Gasteiger partial charge in [-0.05, 0) is 19.3 Å². The first-order valence-corrected chi connectivity index (χ1v) is 4.67. The first kappa shape index (κ1) is 14.2. The van der Waals surface area contributed by atoms with E-state index in [0.717, 1.165) is 0 Å². The summed E-state index contributed by atoms with van der Waals surface area (Å²) >= 11 is 0. The Bertz CT molecular complexity index is 268. The van der Waals surface area contributed by atoms with Crippen LogP contribution in [0.3, 0.4) is 0 Å². The summed E-state index contributed by atoms with van der Waals surface area (Å²) in [5.74, 6) is -1.79. The number of halogens is 1. The molecule has 0 aromatic carbocycles. The molecule has 1 amide bonds. The first-order valence-electron chi connectivity index (χ1n) is 4.67. The highest BCUT2D eigenvalue weighted by Gasteiger charge is 2.43. The van der Waals surface area contributed by atoms with Gasteiger partial charge in [-0.15, -0.1) is 12.4 Å². The summed E-state index contributed by atoms with van der Waals surface area (Å²) in [5.41, 5.74) is 4.32. The molecule has 6 heteroatoms. The van der Waals surface area contributed by atoms with Crippen LogP contribution in [0.25, 0.3) is 0 Å². The Morgan fingerprint density at radius 3 is 2.60 bits per heavy atom. The van der Waals surface area contributed by atoms with Crippen molar-refractivity contribution >= 4 is 24.3 Å². The molecule has 1 heterocycles. The lowest BCUT2D eigenvalue weighted by molar-refractivity contribution is -0.145. The molecule has 0 radical (unpaired) electrons. The van der Waals surface area contributed by atoms with E-state index >= 15 is 0 Å². The average Bonchev–Trinajstić information content (AvgIpc) is 2.49. The first-order chi connectivity index (χ1) is 6.37. The van der Waals surface area contributed by atoms with Crippen molar-refractivity contribution in [2.75, 3.05) is 6.54 Å². The summed E-state index contributed by atoms with van der Waals surface area (Å²) in [7, 11) is 0. The molecule has 15 heavy (non-hydrogen) atoms. The normalized spacial score (nSPS) is 26.1. The van der Waals surface area contributed by atoms with Crippen LogP contribution >= 0.6 is 12.4 Å². The molecule has 1 aliphatic heterocycles. The maximum Gasteiger partial charge on any atom is 0.323 e. The van der Waals surface area contributed by atoms with Crippen LogP contribution in [-0.4, -0.2) is 29.1 Å². The number of nitrogens with one attached hydrogen (secondary N) is 1. The number of carbonyl (C=O) groups is 2. The van der Waals surface area contributed by atoms with Crippen molar-refractivity contribution < 1.29 is 14.7 Å². The fourth-order valence-corrected chi connectivity index (χ4v) is 1.70. The molecular weight excluding hydrogens is 220 g/mol. The standard InChI is InChI=1S/C9H16N2O3.ClH/c1-5(9(2,10)8(13)14)6-3-4-11-7(6)12;/h5-6H,3-4,10H2,1-2H3,(H,11,12)(H,13,14);1H. The summed E-state index contributed by atoms with van der Waals surface area (Å²) in [4.78, 5) is 22.2. The molecule has 1 fully saturated rings. The Hall–Kier alpha value is -0.810. The van der Waals surface area contributed by atoms with Gasteiger partial charge < -0.3 is 16.2 Å². The zero-order valence-electron chi connectivity index (χ0n) is 8.82. The Labute approximate surface area is 94.8 Å². The predicted octanol–water partition coefficient (Wildman–Crippen LogP) is -0.0176. The SMILES string of the molecule is CC(C1CCNC1=O)C(C)(N)C(=O)O.Cl. The Morgan fingerprint density at radius 2 is 2.27 bits per heavy atom. The topological polar surface area (TPSA) is 92.4 Å². The minimum atomic E-state index is -1.34. The molecule has 0 bridgehead atoms. The summed E-state index contributed by atoms with van der Waals surface area (Å²) in [6, 6.07) is 0. The quantitative estimate of drug-likeness (QED) is 0.642. The van der Waals surface area contributed by atoms with Gasteiger partial charge in [0.1, 0.15) is 5.54 Å². The molecule has 4 N–H and O–H groups in total. The number of nitrogens with two attached hydrogens (primary N) is 1.